The molecule has 0 amide bonds. The maximum absolute atomic E-state index is 5.89. The Balaban J connectivity index is 4.15. The van der Waals surface area contributed by atoms with E-state index < -0.39 is 0 Å². The molecule has 0 saturated heterocycles. The molecule has 0 radical (unpaired) electrons. The summed E-state index contributed by atoms with van der Waals surface area (Å²) in [5, 5.41) is 5.19. The second-order valence-electron chi connectivity index (χ2n) is 2.56. The van der Waals surface area contributed by atoms with Crippen LogP contribution in [0.25, 0.3) is 0 Å². The summed E-state index contributed by atoms with van der Waals surface area (Å²) >= 11 is 5.89. The van der Waals surface area contributed by atoms with Crippen LogP contribution in [0.3, 0.4) is 0 Å². The van der Waals surface area contributed by atoms with Crippen molar-refractivity contribution in [3.8, 4) is 0 Å². The van der Waals surface area contributed by atoms with Gasteiger partial charge in [0.2, 0.25) is 0 Å². The lowest BCUT2D eigenvalue weighted by Crippen LogP contribution is -2.08. The standard InChI is InChI=1S/C7H16ClNSi/c1-4-5(2)6(10)7(8)9-3/h5,9H,4H2,1-3,10H3. The van der Waals surface area contributed by atoms with Crippen molar-refractivity contribution in [1.82, 2.24) is 5.32 Å². The van der Waals surface area contributed by atoms with E-state index >= 15 is 0 Å². The highest BCUT2D eigenvalue weighted by Crippen LogP contribution is 2.15. The third-order valence-corrected chi connectivity index (χ3v) is 4.21. The fourth-order valence-corrected chi connectivity index (χ4v) is 1.56. The van der Waals surface area contributed by atoms with Gasteiger partial charge in [0.1, 0.15) is 0 Å². The van der Waals surface area contributed by atoms with Gasteiger partial charge in [-0.25, -0.2) is 0 Å². The lowest BCUT2D eigenvalue weighted by Gasteiger charge is -2.11. The molecule has 1 nitrogen and oxygen atoms in total. The Kier molecular flexibility index (Phi) is 4.82. The van der Waals surface area contributed by atoms with E-state index in [0.29, 0.717) is 5.92 Å². The van der Waals surface area contributed by atoms with Crippen LogP contribution in [-0.4, -0.2) is 17.3 Å². The van der Waals surface area contributed by atoms with Gasteiger partial charge in [-0.15, -0.1) is 0 Å². The van der Waals surface area contributed by atoms with Gasteiger partial charge in [0, 0.05) is 17.3 Å². The number of hydrogen-bond acceptors (Lipinski definition) is 1. The lowest BCUT2D eigenvalue weighted by atomic mass is 10.1. The van der Waals surface area contributed by atoms with Gasteiger partial charge in [0.05, 0.1) is 5.16 Å². The van der Waals surface area contributed by atoms with Crippen molar-refractivity contribution in [1.29, 1.82) is 0 Å². The summed E-state index contributed by atoms with van der Waals surface area (Å²) in [7, 11) is 2.92. The maximum Gasteiger partial charge on any atom is 0.0960 e. The molecule has 0 rings (SSSR count). The first kappa shape index (κ1) is 10.0. The van der Waals surface area contributed by atoms with Crippen LogP contribution in [-0.2, 0) is 0 Å². The van der Waals surface area contributed by atoms with Crippen molar-refractivity contribution in [2.24, 2.45) is 5.92 Å². The smallest absolute Gasteiger partial charge is 0.0960 e. The Labute approximate surface area is 71.3 Å². The van der Waals surface area contributed by atoms with Crippen molar-refractivity contribution < 1.29 is 0 Å². The molecule has 0 aliphatic carbocycles. The second-order valence-corrected chi connectivity index (χ2v) is 4.01. The molecule has 1 atom stereocenters. The summed E-state index contributed by atoms with van der Waals surface area (Å²) in [5.74, 6) is 0.645. The first-order valence-corrected chi connectivity index (χ1v) is 5.05. The molecular formula is C7H16ClNSi. The van der Waals surface area contributed by atoms with E-state index in [1.807, 2.05) is 7.05 Å². The minimum Gasteiger partial charge on any atom is -0.379 e. The Hall–Kier alpha value is 0.0469. The molecule has 60 valence electrons. The Morgan fingerprint density at radius 1 is 1.70 bits per heavy atom. The molecule has 0 aliphatic heterocycles. The fourth-order valence-electron chi connectivity index (χ4n) is 0.720. The molecule has 10 heavy (non-hydrogen) atoms. The fraction of sp³-hybridized carbons (Fsp3) is 0.714. The third-order valence-electron chi connectivity index (χ3n) is 1.92. The molecule has 0 aromatic rings. The summed E-state index contributed by atoms with van der Waals surface area (Å²) in [6.07, 6.45) is 1.18. The molecule has 0 bridgehead atoms. The van der Waals surface area contributed by atoms with E-state index in [1.165, 1.54) is 11.6 Å². The number of hydrogen-bond donors (Lipinski definition) is 1. The third kappa shape index (κ3) is 2.75. The van der Waals surface area contributed by atoms with Gasteiger partial charge in [0.25, 0.3) is 0 Å². The summed E-state index contributed by atoms with van der Waals surface area (Å²) in [5.41, 5.74) is 0. The topological polar surface area (TPSA) is 12.0 Å². The van der Waals surface area contributed by atoms with Gasteiger partial charge >= 0.3 is 0 Å². The first-order valence-electron chi connectivity index (χ1n) is 3.67. The second kappa shape index (κ2) is 4.80. The van der Waals surface area contributed by atoms with Crippen molar-refractivity contribution in [2.75, 3.05) is 7.05 Å². The van der Waals surface area contributed by atoms with Gasteiger partial charge in [0.15, 0.2) is 0 Å². The normalized spacial score (nSPS) is 16.4. The lowest BCUT2D eigenvalue weighted by molar-refractivity contribution is 0.677. The summed E-state index contributed by atoms with van der Waals surface area (Å²) < 4.78 is 0. The van der Waals surface area contributed by atoms with Crippen LogP contribution in [0.1, 0.15) is 20.3 Å². The number of halogens is 1. The summed E-state index contributed by atoms with van der Waals surface area (Å²) in [6.45, 7) is 4.39. The molecule has 1 N–H and O–H groups in total. The highest BCUT2D eigenvalue weighted by atomic mass is 35.5. The van der Waals surface area contributed by atoms with Gasteiger partial charge < -0.3 is 5.32 Å². The largest absolute Gasteiger partial charge is 0.379 e. The van der Waals surface area contributed by atoms with E-state index in [4.69, 9.17) is 11.6 Å². The molecule has 1 unspecified atom stereocenters. The molecule has 0 spiro atoms. The van der Waals surface area contributed by atoms with Crippen LogP contribution in [0.5, 0.6) is 0 Å². The van der Waals surface area contributed by atoms with Crippen molar-refractivity contribution in [3.05, 3.63) is 10.4 Å². The van der Waals surface area contributed by atoms with E-state index in [0.717, 1.165) is 15.4 Å². The van der Waals surface area contributed by atoms with E-state index in [2.05, 4.69) is 19.2 Å². The average Bonchev–Trinajstić information content (AvgIpc) is 2.00. The summed E-state index contributed by atoms with van der Waals surface area (Å²) in [4.78, 5) is 0. The SMILES string of the molecule is CCC(C)C([SiH3])=C(Cl)NC. The first-order chi connectivity index (χ1) is 4.63. The number of rotatable bonds is 3. The Morgan fingerprint density at radius 3 is 2.50 bits per heavy atom. The molecule has 0 aromatic carbocycles. The van der Waals surface area contributed by atoms with Gasteiger partial charge in [-0.2, -0.15) is 0 Å². The van der Waals surface area contributed by atoms with Crippen LogP contribution in [0, 0.1) is 5.92 Å². The minimum absolute atomic E-state index is 0.645. The molecule has 0 aliphatic rings. The zero-order valence-corrected chi connectivity index (χ0v) is 9.92. The van der Waals surface area contributed by atoms with Gasteiger partial charge in [-0.1, -0.05) is 37.1 Å². The molecule has 0 heterocycles. The quantitative estimate of drug-likeness (QED) is 0.502. The molecule has 3 heteroatoms. The van der Waals surface area contributed by atoms with Crippen LogP contribution < -0.4 is 5.32 Å². The van der Waals surface area contributed by atoms with Crippen molar-refractivity contribution in [2.45, 2.75) is 20.3 Å². The maximum atomic E-state index is 5.89. The van der Waals surface area contributed by atoms with Crippen molar-refractivity contribution in [3.63, 3.8) is 0 Å². The Morgan fingerprint density at radius 2 is 2.20 bits per heavy atom. The van der Waals surface area contributed by atoms with E-state index in [9.17, 15) is 0 Å². The van der Waals surface area contributed by atoms with Crippen LogP contribution in [0.4, 0.5) is 0 Å². The zero-order valence-electron chi connectivity index (χ0n) is 7.16. The summed E-state index contributed by atoms with van der Waals surface area (Å²) in [6, 6.07) is 0. The minimum atomic E-state index is 0.645. The van der Waals surface area contributed by atoms with E-state index in [-0.39, 0.29) is 0 Å². The Bertz CT molecular complexity index is 134. The number of allylic oxidation sites excluding steroid dienone is 1. The monoisotopic (exact) mass is 177 g/mol. The van der Waals surface area contributed by atoms with Crippen molar-refractivity contribution >= 4 is 21.8 Å². The highest BCUT2D eigenvalue weighted by Gasteiger charge is 2.04. The van der Waals surface area contributed by atoms with Gasteiger partial charge in [-0.3, -0.25) is 0 Å². The molecule has 0 aromatic heterocycles. The molecular weight excluding hydrogens is 162 g/mol. The van der Waals surface area contributed by atoms with Gasteiger partial charge in [-0.05, 0) is 5.92 Å². The molecule has 0 fully saturated rings. The predicted molar refractivity (Wildman–Crippen MR) is 51.3 cm³/mol. The van der Waals surface area contributed by atoms with Crippen LogP contribution >= 0.6 is 11.6 Å². The number of nitrogens with one attached hydrogen (secondary N) is 1. The zero-order chi connectivity index (χ0) is 8.15. The average molecular weight is 178 g/mol. The highest BCUT2D eigenvalue weighted by molar-refractivity contribution is 6.35. The predicted octanol–water partition coefficient (Wildman–Crippen LogP) is 1.03. The van der Waals surface area contributed by atoms with Crippen LogP contribution in [0.2, 0.25) is 0 Å². The molecule has 0 saturated carbocycles. The van der Waals surface area contributed by atoms with Crippen LogP contribution in [0.15, 0.2) is 10.4 Å². The van der Waals surface area contributed by atoms with E-state index in [1.54, 1.807) is 0 Å².